The van der Waals surface area contributed by atoms with Gasteiger partial charge in [-0.05, 0) is 62.2 Å². The second kappa shape index (κ2) is 8.57. The van der Waals surface area contributed by atoms with Gasteiger partial charge in [0.15, 0.2) is 0 Å². The molecule has 3 aliphatic heterocycles. The summed E-state index contributed by atoms with van der Waals surface area (Å²) in [6.07, 6.45) is 9.83. The van der Waals surface area contributed by atoms with E-state index in [0.29, 0.717) is 5.91 Å². The Bertz CT molecular complexity index is 644. The Labute approximate surface area is 163 Å². The predicted octanol–water partition coefficient (Wildman–Crippen LogP) is 3.44. The molecule has 1 atom stereocenters. The topological polar surface area (TPSA) is 32.8 Å². The van der Waals surface area contributed by atoms with Crippen LogP contribution < -0.4 is 0 Å². The van der Waals surface area contributed by atoms with Crippen LogP contribution in [0.4, 0.5) is 0 Å². The average Bonchev–Trinajstić information content (AvgIpc) is 3.31. The summed E-state index contributed by atoms with van der Waals surface area (Å²) in [6.45, 7) is 7.07. The molecule has 0 aliphatic carbocycles. The fourth-order valence-electron chi connectivity index (χ4n) is 4.79. The molecule has 0 aromatic heterocycles. The molecule has 1 aromatic carbocycles. The van der Waals surface area contributed by atoms with Gasteiger partial charge in [-0.1, -0.05) is 42.5 Å². The lowest BCUT2D eigenvalue weighted by Crippen LogP contribution is -2.42. The molecule has 1 aromatic rings. The van der Waals surface area contributed by atoms with Crippen molar-refractivity contribution in [3.63, 3.8) is 0 Å². The molecule has 3 saturated heterocycles. The SMILES string of the molecule is O=C1CC2(CCN(CCC3CCOC3)CC2)CN1CC=Cc1ccccc1. The van der Waals surface area contributed by atoms with E-state index in [4.69, 9.17) is 4.74 Å². The Morgan fingerprint density at radius 1 is 1.19 bits per heavy atom. The Hall–Kier alpha value is -1.65. The molecule has 3 heterocycles. The second-order valence-electron chi connectivity index (χ2n) is 8.62. The van der Waals surface area contributed by atoms with Gasteiger partial charge in [-0.3, -0.25) is 4.79 Å². The molecular formula is C23H32N2O2. The van der Waals surface area contributed by atoms with Crippen LogP contribution in [0.2, 0.25) is 0 Å². The third-order valence-electron chi connectivity index (χ3n) is 6.64. The first-order valence-electron chi connectivity index (χ1n) is 10.5. The van der Waals surface area contributed by atoms with Crippen LogP contribution in [0.5, 0.6) is 0 Å². The van der Waals surface area contributed by atoms with Crippen LogP contribution in [-0.4, -0.2) is 61.6 Å². The number of amides is 1. The third kappa shape index (κ3) is 4.80. The number of carbonyl (C=O) groups excluding carboxylic acids is 1. The fourth-order valence-corrected chi connectivity index (χ4v) is 4.79. The van der Waals surface area contributed by atoms with E-state index in [1.165, 1.54) is 37.8 Å². The lowest BCUT2D eigenvalue weighted by molar-refractivity contribution is -0.127. The molecule has 4 heteroatoms. The molecule has 1 spiro atoms. The molecule has 0 N–H and O–H groups in total. The first kappa shape index (κ1) is 18.7. The maximum Gasteiger partial charge on any atom is 0.223 e. The number of benzene rings is 1. The van der Waals surface area contributed by atoms with Crippen molar-refractivity contribution in [3.05, 3.63) is 42.0 Å². The smallest absolute Gasteiger partial charge is 0.223 e. The summed E-state index contributed by atoms with van der Waals surface area (Å²) in [5, 5.41) is 0. The maximum absolute atomic E-state index is 12.5. The second-order valence-corrected chi connectivity index (χ2v) is 8.62. The molecule has 4 rings (SSSR count). The summed E-state index contributed by atoms with van der Waals surface area (Å²) in [4.78, 5) is 17.2. The summed E-state index contributed by atoms with van der Waals surface area (Å²) in [5.74, 6) is 1.10. The van der Waals surface area contributed by atoms with E-state index in [-0.39, 0.29) is 5.41 Å². The van der Waals surface area contributed by atoms with E-state index in [0.717, 1.165) is 51.7 Å². The van der Waals surface area contributed by atoms with E-state index < -0.39 is 0 Å². The number of hydrogen-bond donors (Lipinski definition) is 0. The van der Waals surface area contributed by atoms with Crippen molar-refractivity contribution >= 4 is 12.0 Å². The number of ether oxygens (including phenoxy) is 1. The highest BCUT2D eigenvalue weighted by atomic mass is 16.5. The van der Waals surface area contributed by atoms with Crippen molar-refractivity contribution in [2.24, 2.45) is 11.3 Å². The summed E-state index contributed by atoms with van der Waals surface area (Å²) >= 11 is 0. The highest BCUT2D eigenvalue weighted by molar-refractivity contribution is 5.79. The van der Waals surface area contributed by atoms with Gasteiger partial charge in [-0.2, -0.15) is 0 Å². The van der Waals surface area contributed by atoms with E-state index in [9.17, 15) is 4.79 Å². The maximum atomic E-state index is 12.5. The Kier molecular flexibility index (Phi) is 5.94. The summed E-state index contributed by atoms with van der Waals surface area (Å²) in [7, 11) is 0. The van der Waals surface area contributed by atoms with Crippen LogP contribution in [0, 0.1) is 11.3 Å². The van der Waals surface area contributed by atoms with Crippen LogP contribution >= 0.6 is 0 Å². The van der Waals surface area contributed by atoms with Crippen LogP contribution in [-0.2, 0) is 9.53 Å². The van der Waals surface area contributed by atoms with Gasteiger partial charge in [0.2, 0.25) is 5.91 Å². The van der Waals surface area contributed by atoms with Crippen molar-refractivity contribution in [1.82, 2.24) is 9.80 Å². The third-order valence-corrected chi connectivity index (χ3v) is 6.64. The molecular weight excluding hydrogens is 336 g/mol. The molecule has 1 amide bonds. The van der Waals surface area contributed by atoms with Gasteiger partial charge >= 0.3 is 0 Å². The molecule has 0 bridgehead atoms. The number of piperidine rings is 1. The van der Waals surface area contributed by atoms with E-state index in [1.807, 2.05) is 18.2 Å². The largest absolute Gasteiger partial charge is 0.381 e. The van der Waals surface area contributed by atoms with Crippen molar-refractivity contribution < 1.29 is 9.53 Å². The molecule has 3 fully saturated rings. The highest BCUT2D eigenvalue weighted by Gasteiger charge is 2.44. The summed E-state index contributed by atoms with van der Waals surface area (Å²) < 4.78 is 5.49. The number of likely N-dealkylation sites (tertiary alicyclic amines) is 2. The molecule has 0 radical (unpaired) electrons. The average molecular weight is 369 g/mol. The predicted molar refractivity (Wildman–Crippen MR) is 108 cm³/mol. The van der Waals surface area contributed by atoms with E-state index in [1.54, 1.807) is 0 Å². The molecule has 146 valence electrons. The normalized spacial score (nSPS) is 25.9. The quantitative estimate of drug-likeness (QED) is 0.771. The standard InChI is InChI=1S/C23H32N2O2/c26-22-17-23(19-25(22)12-4-7-20-5-2-1-3-6-20)10-14-24(15-11-23)13-8-21-9-16-27-18-21/h1-7,21H,8-19H2. The zero-order valence-electron chi connectivity index (χ0n) is 16.3. The van der Waals surface area contributed by atoms with E-state index in [2.05, 4.69) is 34.1 Å². The molecule has 0 saturated carbocycles. The number of hydrogen-bond acceptors (Lipinski definition) is 3. The summed E-state index contributed by atoms with van der Waals surface area (Å²) in [5.41, 5.74) is 1.42. The van der Waals surface area contributed by atoms with Crippen LogP contribution in [0.3, 0.4) is 0 Å². The highest BCUT2D eigenvalue weighted by Crippen LogP contribution is 2.41. The fraction of sp³-hybridized carbons (Fsp3) is 0.609. The minimum Gasteiger partial charge on any atom is -0.381 e. The van der Waals surface area contributed by atoms with Crippen LogP contribution in [0.1, 0.15) is 37.7 Å². The summed E-state index contributed by atoms with van der Waals surface area (Å²) in [6, 6.07) is 10.3. The lowest BCUT2D eigenvalue weighted by Gasteiger charge is -2.39. The van der Waals surface area contributed by atoms with Crippen molar-refractivity contribution in [1.29, 1.82) is 0 Å². The van der Waals surface area contributed by atoms with Gasteiger partial charge in [-0.25, -0.2) is 0 Å². The van der Waals surface area contributed by atoms with Gasteiger partial charge in [-0.15, -0.1) is 0 Å². The Morgan fingerprint density at radius 3 is 2.74 bits per heavy atom. The number of nitrogens with zero attached hydrogens (tertiary/aromatic N) is 2. The first-order valence-corrected chi connectivity index (χ1v) is 10.5. The van der Waals surface area contributed by atoms with E-state index >= 15 is 0 Å². The monoisotopic (exact) mass is 368 g/mol. The van der Waals surface area contributed by atoms with Gasteiger partial charge in [0.1, 0.15) is 0 Å². The molecule has 27 heavy (non-hydrogen) atoms. The van der Waals surface area contributed by atoms with Crippen molar-refractivity contribution in [2.45, 2.75) is 32.1 Å². The van der Waals surface area contributed by atoms with Crippen molar-refractivity contribution in [2.75, 3.05) is 45.9 Å². The zero-order valence-corrected chi connectivity index (χ0v) is 16.3. The van der Waals surface area contributed by atoms with Gasteiger partial charge in [0.05, 0.1) is 0 Å². The minimum absolute atomic E-state index is 0.227. The number of rotatable bonds is 6. The molecule has 3 aliphatic rings. The van der Waals surface area contributed by atoms with Gasteiger partial charge < -0.3 is 14.5 Å². The van der Waals surface area contributed by atoms with Crippen LogP contribution in [0.15, 0.2) is 36.4 Å². The van der Waals surface area contributed by atoms with Gasteiger partial charge in [0.25, 0.3) is 0 Å². The first-order chi connectivity index (χ1) is 13.2. The molecule has 1 unspecified atom stereocenters. The Morgan fingerprint density at radius 2 is 2.00 bits per heavy atom. The molecule has 4 nitrogen and oxygen atoms in total. The Balaban J connectivity index is 1.23. The van der Waals surface area contributed by atoms with Gasteiger partial charge in [0, 0.05) is 32.7 Å². The number of carbonyl (C=O) groups is 1. The lowest BCUT2D eigenvalue weighted by atomic mass is 9.77. The zero-order chi connectivity index (χ0) is 18.5. The van der Waals surface area contributed by atoms with Crippen molar-refractivity contribution in [3.8, 4) is 0 Å². The minimum atomic E-state index is 0.227. The van der Waals surface area contributed by atoms with Crippen LogP contribution in [0.25, 0.3) is 6.08 Å².